The van der Waals surface area contributed by atoms with Crippen molar-refractivity contribution < 1.29 is 14.6 Å². The fraction of sp³-hybridized carbons (Fsp3) is 0.278. The minimum atomic E-state index is -0.463. The topological polar surface area (TPSA) is 76.7 Å². The molecule has 2 N–H and O–H groups in total. The quantitative estimate of drug-likeness (QED) is 0.463. The number of nitro groups is 1. The lowest BCUT2D eigenvalue weighted by molar-refractivity contribution is -0.890. The Kier molecular flexibility index (Phi) is 5.65. The van der Waals surface area contributed by atoms with Gasteiger partial charge in [-0.25, -0.2) is 0 Å². The Morgan fingerprint density at radius 1 is 1.21 bits per heavy atom. The number of anilines is 1. The molecule has 126 valence electrons. The molecule has 0 radical (unpaired) electrons. The lowest BCUT2D eigenvalue weighted by Gasteiger charge is -2.22. The van der Waals surface area contributed by atoms with Gasteiger partial charge in [0.2, 0.25) is 0 Å². The first-order valence-corrected chi connectivity index (χ1v) is 7.78. The van der Waals surface area contributed by atoms with Crippen LogP contribution in [0.25, 0.3) is 0 Å². The molecule has 1 atom stereocenters. The zero-order valence-electron chi connectivity index (χ0n) is 14.1. The average Bonchev–Trinajstić information content (AvgIpc) is 2.55. The van der Waals surface area contributed by atoms with E-state index in [1.165, 1.54) is 17.9 Å². The number of ketones is 1. The van der Waals surface area contributed by atoms with Crippen molar-refractivity contribution in [3.63, 3.8) is 0 Å². The van der Waals surface area contributed by atoms with Crippen molar-refractivity contribution in [1.29, 1.82) is 0 Å². The molecule has 0 unspecified atom stereocenters. The van der Waals surface area contributed by atoms with Gasteiger partial charge < -0.3 is 10.2 Å². The molecule has 24 heavy (non-hydrogen) atoms. The Morgan fingerprint density at radius 2 is 1.88 bits per heavy atom. The van der Waals surface area contributed by atoms with E-state index in [1.807, 2.05) is 44.4 Å². The number of hydrogen-bond donors (Lipinski definition) is 2. The zero-order chi connectivity index (χ0) is 17.7. The fourth-order valence-electron chi connectivity index (χ4n) is 2.60. The van der Waals surface area contributed by atoms with Gasteiger partial charge in [-0.3, -0.25) is 14.9 Å². The van der Waals surface area contributed by atoms with Crippen molar-refractivity contribution in [2.24, 2.45) is 0 Å². The molecular formula is C18H22N3O3+. The lowest BCUT2D eigenvalue weighted by Crippen LogP contribution is -3.06. The third-order valence-corrected chi connectivity index (χ3v) is 4.00. The molecule has 0 heterocycles. The summed E-state index contributed by atoms with van der Waals surface area (Å²) in [6, 6.07) is 14.7. The van der Waals surface area contributed by atoms with Crippen molar-refractivity contribution in [1.82, 2.24) is 0 Å². The fourth-order valence-corrected chi connectivity index (χ4v) is 2.60. The van der Waals surface area contributed by atoms with Crippen LogP contribution >= 0.6 is 0 Å². The van der Waals surface area contributed by atoms with Crippen LogP contribution in [0.2, 0.25) is 0 Å². The van der Waals surface area contributed by atoms with Crippen molar-refractivity contribution in [2.75, 3.05) is 26.0 Å². The number of benzene rings is 2. The molecule has 0 saturated heterocycles. The highest BCUT2D eigenvalue weighted by molar-refractivity contribution is 5.95. The zero-order valence-corrected chi connectivity index (χ0v) is 14.1. The third-order valence-electron chi connectivity index (χ3n) is 4.00. The minimum absolute atomic E-state index is 0.0803. The smallest absolute Gasteiger partial charge is 0.293 e. The highest BCUT2D eigenvalue weighted by Crippen LogP contribution is 2.26. The summed E-state index contributed by atoms with van der Waals surface area (Å²) in [5, 5.41) is 14.5. The van der Waals surface area contributed by atoms with E-state index < -0.39 is 4.92 Å². The molecule has 2 aromatic carbocycles. The lowest BCUT2D eigenvalue weighted by atomic mass is 10.1. The second-order valence-corrected chi connectivity index (χ2v) is 5.97. The Bertz CT molecular complexity index is 730. The van der Waals surface area contributed by atoms with Crippen molar-refractivity contribution in [3.8, 4) is 0 Å². The summed E-state index contributed by atoms with van der Waals surface area (Å²) in [4.78, 5) is 23.5. The van der Waals surface area contributed by atoms with Gasteiger partial charge in [0.1, 0.15) is 11.7 Å². The van der Waals surface area contributed by atoms with Gasteiger partial charge in [-0.1, -0.05) is 30.3 Å². The van der Waals surface area contributed by atoms with Crippen LogP contribution in [0, 0.1) is 10.1 Å². The van der Waals surface area contributed by atoms with Crippen LogP contribution < -0.4 is 10.2 Å². The Morgan fingerprint density at radius 3 is 2.42 bits per heavy atom. The number of quaternary nitrogens is 1. The largest absolute Gasteiger partial charge is 0.373 e. The van der Waals surface area contributed by atoms with Gasteiger partial charge in [-0.2, -0.15) is 0 Å². The minimum Gasteiger partial charge on any atom is -0.373 e. The second kappa shape index (κ2) is 7.70. The van der Waals surface area contributed by atoms with E-state index in [0.717, 1.165) is 5.56 Å². The average molecular weight is 328 g/mol. The summed E-state index contributed by atoms with van der Waals surface area (Å²) in [6.45, 7) is 1.94. The first-order chi connectivity index (χ1) is 11.4. The van der Waals surface area contributed by atoms with Crippen LogP contribution in [0.5, 0.6) is 0 Å². The van der Waals surface area contributed by atoms with Gasteiger partial charge in [0, 0.05) is 17.2 Å². The molecule has 0 spiro atoms. The summed E-state index contributed by atoms with van der Waals surface area (Å²) < 4.78 is 0. The standard InChI is InChI=1S/C18H21N3O3/c1-13(22)15-9-10-16(17(11-15)21(23)24)19-12-18(20(2)3)14-7-5-4-6-8-14/h4-11,18-19H,12H2,1-3H3/p+1/t18-/m0/s1. The van der Waals surface area contributed by atoms with Gasteiger partial charge in [-0.15, -0.1) is 0 Å². The molecule has 6 heteroatoms. The van der Waals surface area contributed by atoms with Crippen LogP contribution in [-0.2, 0) is 0 Å². The molecule has 0 aliphatic heterocycles. The molecule has 0 aliphatic carbocycles. The predicted molar refractivity (Wildman–Crippen MR) is 93.6 cm³/mol. The maximum Gasteiger partial charge on any atom is 0.293 e. The summed E-state index contributed by atoms with van der Waals surface area (Å²) in [5.41, 5.74) is 1.84. The molecule has 0 amide bonds. The summed E-state index contributed by atoms with van der Waals surface area (Å²) in [5.74, 6) is -0.190. The van der Waals surface area contributed by atoms with Gasteiger partial charge in [0.15, 0.2) is 5.78 Å². The SMILES string of the molecule is CC(=O)c1ccc(NC[C@@H](c2ccccc2)[NH+](C)C)c([N+](=O)[O-])c1. The van der Waals surface area contributed by atoms with E-state index in [0.29, 0.717) is 17.8 Å². The Hall–Kier alpha value is -2.73. The number of nitrogens with zero attached hydrogens (tertiary/aromatic N) is 1. The number of rotatable bonds is 7. The normalized spacial score (nSPS) is 12.0. The van der Waals surface area contributed by atoms with E-state index >= 15 is 0 Å². The number of likely N-dealkylation sites (N-methyl/N-ethyl adjacent to an activating group) is 1. The molecule has 2 aromatic rings. The molecule has 0 bridgehead atoms. The number of carbonyl (C=O) groups is 1. The maximum atomic E-state index is 11.4. The maximum absolute atomic E-state index is 11.4. The van der Waals surface area contributed by atoms with Crippen molar-refractivity contribution in [2.45, 2.75) is 13.0 Å². The van der Waals surface area contributed by atoms with Crippen LogP contribution in [0.3, 0.4) is 0 Å². The van der Waals surface area contributed by atoms with E-state index in [4.69, 9.17) is 0 Å². The summed E-state index contributed by atoms with van der Waals surface area (Å²) in [7, 11) is 4.10. The number of nitro benzene ring substituents is 1. The second-order valence-electron chi connectivity index (χ2n) is 5.97. The number of carbonyl (C=O) groups excluding carboxylic acids is 1. The first kappa shape index (κ1) is 17.6. The Labute approximate surface area is 141 Å². The first-order valence-electron chi connectivity index (χ1n) is 7.78. The number of hydrogen-bond acceptors (Lipinski definition) is 4. The highest BCUT2D eigenvalue weighted by Gasteiger charge is 2.21. The monoisotopic (exact) mass is 328 g/mol. The number of nitrogens with one attached hydrogen (secondary N) is 2. The molecule has 6 nitrogen and oxygen atoms in total. The molecule has 2 rings (SSSR count). The molecule has 0 fully saturated rings. The highest BCUT2D eigenvalue weighted by atomic mass is 16.6. The van der Waals surface area contributed by atoms with Crippen LogP contribution in [0.4, 0.5) is 11.4 Å². The van der Waals surface area contributed by atoms with E-state index in [9.17, 15) is 14.9 Å². The van der Waals surface area contributed by atoms with E-state index in [-0.39, 0.29) is 17.5 Å². The van der Waals surface area contributed by atoms with Gasteiger partial charge >= 0.3 is 0 Å². The van der Waals surface area contributed by atoms with Gasteiger partial charge in [0.05, 0.1) is 25.6 Å². The van der Waals surface area contributed by atoms with Gasteiger partial charge in [0.25, 0.3) is 5.69 Å². The molecule has 0 aliphatic rings. The molecular weight excluding hydrogens is 306 g/mol. The third kappa shape index (κ3) is 4.17. The van der Waals surface area contributed by atoms with Gasteiger partial charge in [-0.05, 0) is 19.1 Å². The summed E-state index contributed by atoms with van der Waals surface area (Å²) >= 11 is 0. The summed E-state index contributed by atoms with van der Waals surface area (Å²) in [6.07, 6.45) is 0. The number of Topliss-reactive ketones (excluding diaryl/α,β-unsaturated/α-hetero) is 1. The Balaban J connectivity index is 2.23. The molecule has 0 aromatic heterocycles. The molecule has 0 saturated carbocycles. The van der Waals surface area contributed by atoms with E-state index in [2.05, 4.69) is 5.32 Å². The van der Waals surface area contributed by atoms with Crippen molar-refractivity contribution in [3.05, 3.63) is 69.8 Å². The predicted octanol–water partition coefficient (Wildman–Crippen LogP) is 2.10. The van der Waals surface area contributed by atoms with Crippen molar-refractivity contribution >= 4 is 17.2 Å². The van der Waals surface area contributed by atoms with Crippen LogP contribution in [-0.4, -0.2) is 31.3 Å². The van der Waals surface area contributed by atoms with Crippen LogP contribution in [0.1, 0.15) is 28.9 Å². The van der Waals surface area contributed by atoms with E-state index in [1.54, 1.807) is 12.1 Å². The van der Waals surface area contributed by atoms with Crippen LogP contribution in [0.15, 0.2) is 48.5 Å².